The van der Waals surface area contributed by atoms with Crippen molar-refractivity contribution >= 4 is 22.3 Å². The molecule has 84 valence electrons. The third-order valence-electron chi connectivity index (χ3n) is 3.08. The van der Waals surface area contributed by atoms with Crippen LogP contribution >= 0.6 is 0 Å². The Morgan fingerprint density at radius 1 is 1.22 bits per heavy atom. The van der Waals surface area contributed by atoms with Crippen LogP contribution in [0.15, 0.2) is 34.5 Å². The largest absolute Gasteiger partial charge is 0.464 e. The SMILES string of the molecule is N#CC(C#N)=C1CC(=O)c2cc3occc3cc21. The summed E-state index contributed by atoms with van der Waals surface area (Å²) in [5.74, 6) is -0.0821. The van der Waals surface area contributed by atoms with E-state index in [9.17, 15) is 4.79 Å². The first-order chi connectivity index (χ1) is 8.74. The lowest BCUT2D eigenvalue weighted by atomic mass is 10.0. The average Bonchev–Trinajstić information content (AvgIpc) is 2.95. The Morgan fingerprint density at radius 2 is 2.00 bits per heavy atom. The van der Waals surface area contributed by atoms with Gasteiger partial charge in [-0.3, -0.25) is 4.79 Å². The van der Waals surface area contributed by atoms with Crippen LogP contribution in [0.1, 0.15) is 22.3 Å². The molecule has 1 aliphatic rings. The highest BCUT2D eigenvalue weighted by atomic mass is 16.3. The van der Waals surface area contributed by atoms with Crippen molar-refractivity contribution in [2.75, 3.05) is 0 Å². The van der Waals surface area contributed by atoms with Crippen molar-refractivity contribution in [1.82, 2.24) is 0 Å². The van der Waals surface area contributed by atoms with E-state index in [1.807, 2.05) is 12.1 Å². The predicted molar refractivity (Wildman–Crippen MR) is 63.3 cm³/mol. The van der Waals surface area contributed by atoms with E-state index in [2.05, 4.69) is 0 Å². The van der Waals surface area contributed by atoms with Crippen LogP contribution in [0.5, 0.6) is 0 Å². The monoisotopic (exact) mass is 234 g/mol. The number of hydrogen-bond acceptors (Lipinski definition) is 4. The van der Waals surface area contributed by atoms with Crippen LogP contribution in [0, 0.1) is 22.7 Å². The maximum Gasteiger partial charge on any atom is 0.168 e. The molecule has 0 atom stereocenters. The van der Waals surface area contributed by atoms with Crippen LogP contribution in [0.25, 0.3) is 16.5 Å². The molecule has 2 aromatic rings. The van der Waals surface area contributed by atoms with E-state index in [1.165, 1.54) is 0 Å². The van der Waals surface area contributed by atoms with E-state index in [0.29, 0.717) is 22.3 Å². The fourth-order valence-corrected chi connectivity index (χ4v) is 2.22. The number of nitriles is 2. The number of ketones is 1. The minimum atomic E-state index is -0.0821. The normalized spacial score (nSPS) is 13.2. The van der Waals surface area contributed by atoms with Crippen molar-refractivity contribution in [3.05, 3.63) is 41.2 Å². The number of furan rings is 1. The topological polar surface area (TPSA) is 77.8 Å². The van der Waals surface area contributed by atoms with Gasteiger partial charge >= 0.3 is 0 Å². The van der Waals surface area contributed by atoms with E-state index in [-0.39, 0.29) is 17.8 Å². The molecule has 0 spiro atoms. The molecule has 3 rings (SSSR count). The number of allylic oxidation sites excluding steroid dienone is 2. The van der Waals surface area contributed by atoms with Gasteiger partial charge in [0.05, 0.1) is 6.26 Å². The Bertz CT molecular complexity index is 781. The Morgan fingerprint density at radius 3 is 2.72 bits per heavy atom. The van der Waals surface area contributed by atoms with Crippen molar-refractivity contribution in [2.24, 2.45) is 0 Å². The second kappa shape index (κ2) is 3.58. The number of carbonyl (C=O) groups is 1. The lowest BCUT2D eigenvalue weighted by molar-refractivity contribution is 0.100. The number of benzene rings is 1. The molecule has 0 saturated heterocycles. The van der Waals surface area contributed by atoms with Crippen LogP contribution in [0.3, 0.4) is 0 Å². The lowest BCUT2D eigenvalue weighted by Gasteiger charge is -1.99. The fourth-order valence-electron chi connectivity index (χ4n) is 2.22. The van der Waals surface area contributed by atoms with Crippen molar-refractivity contribution in [3.8, 4) is 12.1 Å². The van der Waals surface area contributed by atoms with Crippen LogP contribution in [-0.2, 0) is 0 Å². The number of rotatable bonds is 0. The summed E-state index contributed by atoms with van der Waals surface area (Å²) in [5, 5.41) is 18.7. The first-order valence-electron chi connectivity index (χ1n) is 5.32. The van der Waals surface area contributed by atoms with Crippen molar-refractivity contribution < 1.29 is 9.21 Å². The summed E-state index contributed by atoms with van der Waals surface area (Å²) in [7, 11) is 0. The van der Waals surface area contributed by atoms with Crippen LogP contribution < -0.4 is 0 Å². The molecule has 0 aliphatic heterocycles. The van der Waals surface area contributed by atoms with E-state index in [1.54, 1.807) is 24.5 Å². The zero-order chi connectivity index (χ0) is 12.7. The number of Topliss-reactive ketones (excluding diaryl/α,β-unsaturated/α-hetero) is 1. The van der Waals surface area contributed by atoms with Gasteiger partial charge in [-0.2, -0.15) is 10.5 Å². The summed E-state index contributed by atoms with van der Waals surface area (Å²) < 4.78 is 5.24. The van der Waals surface area contributed by atoms with E-state index in [0.717, 1.165) is 5.39 Å². The van der Waals surface area contributed by atoms with Crippen LogP contribution in [0.2, 0.25) is 0 Å². The van der Waals surface area contributed by atoms with Gasteiger partial charge in [0.1, 0.15) is 23.3 Å². The predicted octanol–water partition coefficient (Wildman–Crippen LogP) is 2.82. The first-order valence-corrected chi connectivity index (χ1v) is 5.32. The molecule has 4 nitrogen and oxygen atoms in total. The fraction of sp³-hybridized carbons (Fsp3) is 0.0714. The highest BCUT2D eigenvalue weighted by Gasteiger charge is 2.28. The van der Waals surface area contributed by atoms with Gasteiger partial charge in [0.25, 0.3) is 0 Å². The second-order valence-electron chi connectivity index (χ2n) is 4.03. The molecule has 0 fully saturated rings. The van der Waals surface area contributed by atoms with Gasteiger partial charge in [-0.1, -0.05) is 0 Å². The van der Waals surface area contributed by atoms with E-state index in [4.69, 9.17) is 14.9 Å². The molecule has 4 heteroatoms. The van der Waals surface area contributed by atoms with Gasteiger partial charge in [0.15, 0.2) is 5.78 Å². The number of nitrogens with zero attached hydrogens (tertiary/aromatic N) is 2. The summed E-state index contributed by atoms with van der Waals surface area (Å²) in [6.45, 7) is 0. The zero-order valence-corrected chi connectivity index (χ0v) is 9.23. The highest BCUT2D eigenvalue weighted by Crippen LogP contribution is 2.37. The molecule has 0 bridgehead atoms. The van der Waals surface area contributed by atoms with Gasteiger partial charge < -0.3 is 4.42 Å². The molecule has 0 saturated carbocycles. The molecule has 0 N–H and O–H groups in total. The molecule has 1 heterocycles. The second-order valence-corrected chi connectivity index (χ2v) is 4.03. The standard InChI is InChI=1S/C14H6N2O2/c15-6-9(7-16)10-4-13(17)12-5-14-8(1-2-18-14)3-11(10)12/h1-3,5H,4H2. The number of carbonyl (C=O) groups excluding carboxylic acids is 1. The van der Waals surface area contributed by atoms with E-state index < -0.39 is 0 Å². The summed E-state index contributed by atoms with van der Waals surface area (Å²) in [6.07, 6.45) is 1.65. The van der Waals surface area contributed by atoms with Crippen LogP contribution in [0.4, 0.5) is 0 Å². The molecule has 0 radical (unpaired) electrons. The maximum absolute atomic E-state index is 11.9. The van der Waals surface area contributed by atoms with Gasteiger partial charge in [-0.15, -0.1) is 0 Å². The molecule has 1 aromatic heterocycles. The minimum Gasteiger partial charge on any atom is -0.464 e. The quantitative estimate of drug-likeness (QED) is 0.656. The Hall–Kier alpha value is -2.85. The van der Waals surface area contributed by atoms with Gasteiger partial charge in [0.2, 0.25) is 0 Å². The molecule has 1 aromatic carbocycles. The Labute approximate surface area is 102 Å². The molecular weight excluding hydrogens is 228 g/mol. The van der Waals surface area contributed by atoms with Crippen LogP contribution in [-0.4, -0.2) is 5.78 Å². The summed E-state index contributed by atoms with van der Waals surface area (Å²) in [5.41, 5.74) is 2.36. The maximum atomic E-state index is 11.9. The van der Waals surface area contributed by atoms with Crippen molar-refractivity contribution in [3.63, 3.8) is 0 Å². The first kappa shape index (κ1) is 10.3. The Kier molecular flexibility index (Phi) is 2.05. The van der Waals surface area contributed by atoms with E-state index >= 15 is 0 Å². The lowest BCUT2D eigenvalue weighted by Crippen LogP contribution is -1.89. The number of fused-ring (bicyclic) bond motifs is 2. The average molecular weight is 234 g/mol. The molecule has 18 heavy (non-hydrogen) atoms. The third-order valence-corrected chi connectivity index (χ3v) is 3.08. The summed E-state index contributed by atoms with van der Waals surface area (Å²) in [4.78, 5) is 11.9. The van der Waals surface area contributed by atoms with Crippen molar-refractivity contribution in [2.45, 2.75) is 6.42 Å². The summed E-state index contributed by atoms with van der Waals surface area (Å²) in [6, 6.07) is 8.93. The third kappa shape index (κ3) is 1.27. The summed E-state index contributed by atoms with van der Waals surface area (Å²) >= 11 is 0. The van der Waals surface area contributed by atoms with Crippen molar-refractivity contribution in [1.29, 1.82) is 10.5 Å². The smallest absolute Gasteiger partial charge is 0.168 e. The van der Waals surface area contributed by atoms with Gasteiger partial charge in [0, 0.05) is 17.4 Å². The molecular formula is C14H6N2O2. The highest BCUT2D eigenvalue weighted by molar-refractivity contribution is 6.15. The minimum absolute atomic E-state index is 0.00458. The van der Waals surface area contributed by atoms with Gasteiger partial charge in [-0.05, 0) is 29.3 Å². The Balaban J connectivity index is 2.37. The molecule has 0 unspecified atom stereocenters. The molecule has 1 aliphatic carbocycles. The van der Waals surface area contributed by atoms with Gasteiger partial charge in [-0.25, -0.2) is 0 Å². The molecule has 0 amide bonds. The zero-order valence-electron chi connectivity index (χ0n) is 9.23. The number of hydrogen-bond donors (Lipinski definition) is 0.